The Hall–Kier alpha value is -3.11. The number of methoxy groups -OCH3 is 1. The van der Waals surface area contributed by atoms with Crippen LogP contribution in [0.5, 0.6) is 0 Å². The maximum absolute atomic E-state index is 12.8. The monoisotopic (exact) mass is 471 g/mol. The average molecular weight is 472 g/mol. The van der Waals surface area contributed by atoms with Crippen LogP contribution in [0.1, 0.15) is 68.2 Å². The number of hydrogen-bond donors (Lipinski definition) is 2. The summed E-state index contributed by atoms with van der Waals surface area (Å²) in [6, 6.07) is -1.33. The highest BCUT2D eigenvalue weighted by Gasteiger charge is 2.40. The Morgan fingerprint density at radius 3 is 1.76 bits per heavy atom. The van der Waals surface area contributed by atoms with E-state index >= 15 is 0 Å². The summed E-state index contributed by atoms with van der Waals surface area (Å²) in [5, 5.41) is 16.7. The molecular weight excluding hydrogens is 434 g/mol. The van der Waals surface area contributed by atoms with E-state index < -0.39 is 41.5 Å². The highest BCUT2D eigenvalue weighted by atomic mass is 16.6. The molecule has 1 unspecified atom stereocenters. The second kappa shape index (κ2) is 12.2. The van der Waals surface area contributed by atoms with Crippen molar-refractivity contribution in [1.82, 2.24) is 9.80 Å². The topological polar surface area (TPSA) is 147 Å². The molecule has 1 atom stereocenters. The van der Waals surface area contributed by atoms with Crippen molar-refractivity contribution in [2.24, 2.45) is 0 Å². The molecule has 11 nitrogen and oxygen atoms in total. The third-order valence-corrected chi connectivity index (χ3v) is 3.94. The number of hydrogen-bond acceptors (Lipinski definition) is 8. The van der Waals surface area contributed by atoms with Crippen LogP contribution in [-0.2, 0) is 19.0 Å². The van der Waals surface area contributed by atoms with Crippen LogP contribution in [0.3, 0.4) is 0 Å². The van der Waals surface area contributed by atoms with E-state index in [4.69, 9.17) is 19.6 Å². The summed E-state index contributed by atoms with van der Waals surface area (Å²) in [6.07, 6.45) is -1.51. The molecule has 0 fully saturated rings. The number of carbonyl (C=O) groups excluding carboxylic acids is 3. The van der Waals surface area contributed by atoms with Gasteiger partial charge in [0.1, 0.15) is 23.1 Å². The van der Waals surface area contributed by atoms with Gasteiger partial charge in [0.05, 0.1) is 13.7 Å². The van der Waals surface area contributed by atoms with Crippen molar-refractivity contribution in [1.29, 1.82) is 5.41 Å². The molecule has 0 radical (unpaired) electrons. The third-order valence-electron chi connectivity index (χ3n) is 3.94. The van der Waals surface area contributed by atoms with E-state index in [-0.39, 0.29) is 25.2 Å². The number of imide groups is 1. The van der Waals surface area contributed by atoms with E-state index in [1.54, 1.807) is 54.5 Å². The van der Waals surface area contributed by atoms with Gasteiger partial charge in [-0.2, -0.15) is 4.90 Å². The number of nitrogens with one attached hydrogen (secondary N) is 1. The Balaban J connectivity index is 5.83. The Morgan fingerprint density at radius 1 is 0.970 bits per heavy atom. The largest absolute Gasteiger partial charge is 0.467 e. The van der Waals surface area contributed by atoms with E-state index in [9.17, 15) is 24.3 Å². The fourth-order valence-electron chi connectivity index (χ4n) is 2.57. The van der Waals surface area contributed by atoms with Gasteiger partial charge in [-0.25, -0.2) is 19.2 Å². The van der Waals surface area contributed by atoms with E-state index in [2.05, 4.69) is 0 Å². The number of ether oxygens (including phenoxy) is 3. The molecule has 3 amide bonds. The van der Waals surface area contributed by atoms with Crippen LogP contribution in [-0.4, -0.2) is 75.9 Å². The van der Waals surface area contributed by atoms with Gasteiger partial charge >= 0.3 is 24.2 Å². The lowest BCUT2D eigenvalue weighted by atomic mass is 10.1. The average Bonchev–Trinajstić information content (AvgIpc) is 2.60. The standard InChI is InChI=1S/C22H37N3O8/c1-14(13-24(15(2)23)18(27)28)11-10-12-16(17(26)31-9)25(19(29)32-21(3,4)5)20(30)33-22(6,7)8/h11,16,23H,10,12-13H2,1-9H3,(H,27,28). The summed E-state index contributed by atoms with van der Waals surface area (Å²) < 4.78 is 15.4. The molecule has 0 spiro atoms. The number of esters is 1. The predicted octanol–water partition coefficient (Wildman–Crippen LogP) is 4.40. The molecule has 0 aliphatic heterocycles. The van der Waals surface area contributed by atoms with Crippen LogP contribution in [0.2, 0.25) is 0 Å². The van der Waals surface area contributed by atoms with Crippen LogP contribution in [0.25, 0.3) is 0 Å². The highest BCUT2D eigenvalue weighted by Crippen LogP contribution is 2.20. The normalized spacial score (nSPS) is 12.9. The van der Waals surface area contributed by atoms with Gasteiger partial charge in [0.2, 0.25) is 0 Å². The number of allylic oxidation sites excluding steroid dienone is 1. The molecule has 0 aromatic heterocycles. The minimum Gasteiger partial charge on any atom is -0.467 e. The van der Waals surface area contributed by atoms with Gasteiger partial charge in [-0.1, -0.05) is 11.6 Å². The van der Waals surface area contributed by atoms with Gasteiger partial charge in [-0.15, -0.1) is 0 Å². The van der Waals surface area contributed by atoms with Crippen LogP contribution in [0.4, 0.5) is 14.4 Å². The van der Waals surface area contributed by atoms with Crippen molar-refractivity contribution in [2.45, 2.75) is 85.5 Å². The number of rotatable bonds is 7. The minimum atomic E-state index is -1.33. The predicted molar refractivity (Wildman–Crippen MR) is 121 cm³/mol. The van der Waals surface area contributed by atoms with Gasteiger partial charge in [-0.05, 0) is 68.2 Å². The van der Waals surface area contributed by atoms with Crippen LogP contribution >= 0.6 is 0 Å². The zero-order valence-electron chi connectivity index (χ0n) is 21.0. The van der Waals surface area contributed by atoms with Crippen molar-refractivity contribution in [3.63, 3.8) is 0 Å². The van der Waals surface area contributed by atoms with Crippen molar-refractivity contribution in [3.8, 4) is 0 Å². The molecule has 11 heteroatoms. The maximum atomic E-state index is 12.8. The van der Waals surface area contributed by atoms with Gasteiger partial charge in [0.15, 0.2) is 0 Å². The Bertz CT molecular complexity index is 735. The SMILES string of the molecule is COC(=O)C(CCC=C(C)CN(C(C)=N)C(=O)O)N(C(=O)OC(C)(C)C)C(=O)OC(C)(C)C. The summed E-state index contributed by atoms with van der Waals surface area (Å²) in [5.74, 6) is -0.969. The second-order valence-electron chi connectivity index (χ2n) is 9.45. The number of carbonyl (C=O) groups is 4. The fourth-order valence-corrected chi connectivity index (χ4v) is 2.57. The lowest BCUT2D eigenvalue weighted by molar-refractivity contribution is -0.146. The summed E-state index contributed by atoms with van der Waals surface area (Å²) in [5.41, 5.74) is -1.24. The number of nitrogens with zero attached hydrogens (tertiary/aromatic N) is 2. The fraction of sp³-hybridized carbons (Fsp3) is 0.682. The minimum absolute atomic E-state index is 0.0147. The number of carboxylic acid groups (broad SMARTS) is 1. The van der Waals surface area contributed by atoms with E-state index in [1.807, 2.05) is 0 Å². The summed E-state index contributed by atoms with van der Waals surface area (Å²) in [7, 11) is 1.14. The quantitative estimate of drug-likeness (QED) is 0.182. The molecular formula is C22H37N3O8. The molecule has 0 bridgehead atoms. The first-order chi connectivity index (χ1) is 14.9. The zero-order chi connectivity index (χ0) is 26.1. The van der Waals surface area contributed by atoms with E-state index in [1.165, 1.54) is 6.92 Å². The second-order valence-corrected chi connectivity index (χ2v) is 9.45. The summed E-state index contributed by atoms with van der Waals surface area (Å²) >= 11 is 0. The summed E-state index contributed by atoms with van der Waals surface area (Å²) in [6.45, 7) is 12.7. The number of amides is 3. The molecule has 33 heavy (non-hydrogen) atoms. The first kappa shape index (κ1) is 29.9. The Morgan fingerprint density at radius 2 is 1.42 bits per heavy atom. The molecule has 0 rings (SSSR count). The number of amidine groups is 1. The molecule has 0 saturated carbocycles. The molecule has 0 aromatic rings. The molecule has 2 N–H and O–H groups in total. The van der Waals surface area contributed by atoms with E-state index in [0.717, 1.165) is 12.0 Å². The Kier molecular flexibility index (Phi) is 11.1. The lowest BCUT2D eigenvalue weighted by Crippen LogP contribution is -2.52. The Labute approximate surface area is 195 Å². The van der Waals surface area contributed by atoms with Crippen LogP contribution in [0, 0.1) is 5.41 Å². The highest BCUT2D eigenvalue weighted by molar-refractivity contribution is 5.94. The van der Waals surface area contributed by atoms with Crippen LogP contribution in [0.15, 0.2) is 11.6 Å². The van der Waals surface area contributed by atoms with Gasteiger partial charge in [0.25, 0.3) is 0 Å². The first-order valence-corrected chi connectivity index (χ1v) is 10.4. The summed E-state index contributed by atoms with van der Waals surface area (Å²) in [4.78, 5) is 50.9. The molecule has 0 saturated heterocycles. The molecule has 0 aliphatic rings. The van der Waals surface area contributed by atoms with Gasteiger partial charge in [-0.3, -0.25) is 10.3 Å². The van der Waals surface area contributed by atoms with Crippen molar-refractivity contribution in [3.05, 3.63) is 11.6 Å². The smallest absolute Gasteiger partial charge is 0.420 e. The molecule has 0 aliphatic carbocycles. The van der Waals surface area contributed by atoms with Gasteiger partial charge in [0, 0.05) is 0 Å². The van der Waals surface area contributed by atoms with Crippen LogP contribution < -0.4 is 0 Å². The van der Waals surface area contributed by atoms with Crippen molar-refractivity contribution in [2.75, 3.05) is 13.7 Å². The lowest BCUT2D eigenvalue weighted by Gasteiger charge is -2.32. The molecule has 0 aromatic carbocycles. The van der Waals surface area contributed by atoms with Crippen molar-refractivity contribution < 1.29 is 38.5 Å². The van der Waals surface area contributed by atoms with Gasteiger partial charge < -0.3 is 19.3 Å². The third kappa shape index (κ3) is 11.4. The maximum Gasteiger partial charge on any atom is 0.420 e. The van der Waals surface area contributed by atoms with E-state index in [0.29, 0.717) is 10.5 Å². The molecule has 0 heterocycles. The van der Waals surface area contributed by atoms with Crippen molar-refractivity contribution >= 4 is 30.1 Å². The molecule has 188 valence electrons. The zero-order valence-corrected chi connectivity index (χ0v) is 21.0. The first-order valence-electron chi connectivity index (χ1n) is 10.4.